The third-order valence-corrected chi connectivity index (χ3v) is 4.52. The van der Waals surface area contributed by atoms with Gasteiger partial charge >= 0.3 is 0 Å². The molecule has 0 saturated heterocycles. The van der Waals surface area contributed by atoms with Crippen molar-refractivity contribution in [3.8, 4) is 0 Å². The number of rotatable bonds is 5. The van der Waals surface area contributed by atoms with Crippen molar-refractivity contribution in [3.05, 3.63) is 0 Å². The SMILES string of the molecule is CCCC(N)CNC(=O)C1CCC(C(C)(C)C)CC1. The fourth-order valence-electron chi connectivity index (χ4n) is 3.07. The number of hydrogen-bond acceptors (Lipinski definition) is 2. The van der Waals surface area contributed by atoms with Crippen molar-refractivity contribution in [3.63, 3.8) is 0 Å². The first-order chi connectivity index (χ1) is 8.84. The second-order valence-corrected chi connectivity index (χ2v) is 7.21. The Morgan fingerprint density at radius 2 is 1.84 bits per heavy atom. The van der Waals surface area contributed by atoms with Gasteiger partial charge in [0.1, 0.15) is 0 Å². The van der Waals surface area contributed by atoms with Crippen LogP contribution in [-0.2, 0) is 4.79 Å². The molecule has 0 radical (unpaired) electrons. The lowest BCUT2D eigenvalue weighted by molar-refractivity contribution is -0.126. The van der Waals surface area contributed by atoms with Crippen molar-refractivity contribution in [2.75, 3.05) is 6.54 Å². The summed E-state index contributed by atoms with van der Waals surface area (Å²) in [5.41, 5.74) is 6.31. The first-order valence-corrected chi connectivity index (χ1v) is 7.87. The Bertz CT molecular complexity index is 275. The quantitative estimate of drug-likeness (QED) is 0.805. The summed E-state index contributed by atoms with van der Waals surface area (Å²) in [7, 11) is 0. The highest BCUT2D eigenvalue weighted by atomic mass is 16.1. The van der Waals surface area contributed by atoms with Gasteiger partial charge in [0.15, 0.2) is 0 Å². The predicted molar refractivity (Wildman–Crippen MR) is 80.8 cm³/mol. The Balaban J connectivity index is 2.29. The smallest absolute Gasteiger partial charge is 0.223 e. The normalized spacial score (nSPS) is 25.9. The number of nitrogens with two attached hydrogens (primary N) is 1. The standard InChI is InChI=1S/C16H32N2O/c1-5-6-14(17)11-18-15(19)12-7-9-13(10-8-12)16(2,3)4/h12-14H,5-11,17H2,1-4H3,(H,18,19). The summed E-state index contributed by atoms with van der Waals surface area (Å²) in [5, 5.41) is 3.03. The van der Waals surface area contributed by atoms with Gasteiger partial charge in [-0.3, -0.25) is 4.79 Å². The molecular formula is C16H32N2O. The van der Waals surface area contributed by atoms with Gasteiger partial charge in [-0.2, -0.15) is 0 Å². The molecule has 1 atom stereocenters. The highest BCUT2D eigenvalue weighted by Crippen LogP contribution is 2.39. The minimum absolute atomic E-state index is 0.111. The summed E-state index contributed by atoms with van der Waals surface area (Å²) >= 11 is 0. The molecule has 1 rings (SSSR count). The molecule has 1 aliphatic carbocycles. The molecule has 0 aromatic rings. The van der Waals surface area contributed by atoms with Crippen LogP contribution in [0.1, 0.15) is 66.2 Å². The molecule has 0 aromatic heterocycles. The van der Waals surface area contributed by atoms with Crippen molar-refractivity contribution < 1.29 is 4.79 Å². The largest absolute Gasteiger partial charge is 0.354 e. The molecule has 112 valence electrons. The third-order valence-electron chi connectivity index (χ3n) is 4.52. The molecule has 1 saturated carbocycles. The van der Waals surface area contributed by atoms with Gasteiger partial charge in [-0.1, -0.05) is 34.1 Å². The molecule has 0 aliphatic heterocycles. The monoisotopic (exact) mass is 268 g/mol. The molecule has 1 aliphatic rings. The first-order valence-electron chi connectivity index (χ1n) is 7.87. The molecule has 0 heterocycles. The maximum Gasteiger partial charge on any atom is 0.223 e. The number of carbonyl (C=O) groups excluding carboxylic acids is 1. The molecule has 3 heteroatoms. The van der Waals surface area contributed by atoms with Crippen LogP contribution in [0.5, 0.6) is 0 Å². The van der Waals surface area contributed by atoms with E-state index in [2.05, 4.69) is 33.0 Å². The van der Waals surface area contributed by atoms with Crippen LogP contribution in [0.3, 0.4) is 0 Å². The van der Waals surface area contributed by atoms with Crippen LogP contribution in [0.25, 0.3) is 0 Å². The van der Waals surface area contributed by atoms with Crippen molar-refractivity contribution in [2.45, 2.75) is 72.3 Å². The van der Waals surface area contributed by atoms with Gasteiger partial charge < -0.3 is 11.1 Å². The average molecular weight is 268 g/mol. The van der Waals surface area contributed by atoms with Crippen molar-refractivity contribution in [1.82, 2.24) is 5.32 Å². The molecule has 0 bridgehead atoms. The van der Waals surface area contributed by atoms with Crippen molar-refractivity contribution in [1.29, 1.82) is 0 Å². The average Bonchev–Trinajstić information content (AvgIpc) is 2.35. The maximum atomic E-state index is 12.1. The van der Waals surface area contributed by atoms with Gasteiger partial charge in [-0.25, -0.2) is 0 Å². The molecule has 0 spiro atoms. The van der Waals surface area contributed by atoms with Crippen molar-refractivity contribution >= 4 is 5.91 Å². The summed E-state index contributed by atoms with van der Waals surface area (Å²) in [6.07, 6.45) is 6.50. The Labute approximate surface area is 118 Å². The van der Waals surface area contributed by atoms with Gasteiger partial charge in [0.25, 0.3) is 0 Å². The van der Waals surface area contributed by atoms with Crippen LogP contribution in [0.4, 0.5) is 0 Å². The van der Waals surface area contributed by atoms with Crippen molar-refractivity contribution in [2.24, 2.45) is 23.0 Å². The van der Waals surface area contributed by atoms with E-state index < -0.39 is 0 Å². The van der Waals surface area contributed by atoms with E-state index in [0.717, 1.165) is 31.6 Å². The summed E-state index contributed by atoms with van der Waals surface area (Å²) in [6, 6.07) is 0.111. The van der Waals surface area contributed by atoms with E-state index in [1.807, 2.05) is 0 Å². The highest BCUT2D eigenvalue weighted by Gasteiger charge is 2.32. The van der Waals surface area contributed by atoms with E-state index in [-0.39, 0.29) is 17.9 Å². The van der Waals surface area contributed by atoms with Crippen LogP contribution in [0, 0.1) is 17.3 Å². The van der Waals surface area contributed by atoms with Gasteiger partial charge in [-0.15, -0.1) is 0 Å². The van der Waals surface area contributed by atoms with Gasteiger partial charge in [0, 0.05) is 18.5 Å². The lowest BCUT2D eigenvalue weighted by Gasteiger charge is -2.36. The van der Waals surface area contributed by atoms with E-state index in [9.17, 15) is 4.79 Å². The predicted octanol–water partition coefficient (Wildman–Crippen LogP) is 3.08. The molecule has 3 nitrogen and oxygen atoms in total. The summed E-state index contributed by atoms with van der Waals surface area (Å²) in [4.78, 5) is 12.1. The van der Waals surface area contributed by atoms with E-state index in [0.29, 0.717) is 12.0 Å². The number of amides is 1. The second-order valence-electron chi connectivity index (χ2n) is 7.21. The molecule has 1 amide bonds. The summed E-state index contributed by atoms with van der Waals surface area (Å²) in [5.74, 6) is 1.20. The molecule has 3 N–H and O–H groups in total. The molecule has 0 aromatic carbocycles. The Kier molecular flexibility index (Phi) is 6.31. The Morgan fingerprint density at radius 1 is 1.26 bits per heavy atom. The lowest BCUT2D eigenvalue weighted by Crippen LogP contribution is -2.41. The summed E-state index contributed by atoms with van der Waals surface area (Å²) < 4.78 is 0. The zero-order valence-electron chi connectivity index (χ0n) is 13.2. The number of hydrogen-bond donors (Lipinski definition) is 2. The number of nitrogens with one attached hydrogen (secondary N) is 1. The van der Waals surface area contributed by atoms with Gasteiger partial charge in [-0.05, 0) is 43.4 Å². The highest BCUT2D eigenvalue weighted by molar-refractivity contribution is 5.78. The number of carbonyl (C=O) groups is 1. The topological polar surface area (TPSA) is 55.1 Å². The maximum absolute atomic E-state index is 12.1. The van der Waals surface area contributed by atoms with Crippen LogP contribution in [0.2, 0.25) is 0 Å². The summed E-state index contributed by atoms with van der Waals surface area (Å²) in [6.45, 7) is 9.67. The zero-order valence-corrected chi connectivity index (χ0v) is 13.2. The molecular weight excluding hydrogens is 236 g/mol. The Morgan fingerprint density at radius 3 is 2.32 bits per heavy atom. The fourth-order valence-corrected chi connectivity index (χ4v) is 3.07. The van der Waals surface area contributed by atoms with E-state index in [1.54, 1.807) is 0 Å². The minimum Gasteiger partial charge on any atom is -0.354 e. The Hall–Kier alpha value is -0.570. The molecule has 19 heavy (non-hydrogen) atoms. The second kappa shape index (κ2) is 7.28. The van der Waals surface area contributed by atoms with Crippen LogP contribution >= 0.6 is 0 Å². The van der Waals surface area contributed by atoms with E-state index in [1.165, 1.54) is 12.8 Å². The zero-order chi connectivity index (χ0) is 14.5. The minimum atomic E-state index is 0.111. The third kappa shape index (κ3) is 5.52. The molecule has 1 fully saturated rings. The molecule has 1 unspecified atom stereocenters. The van der Waals surface area contributed by atoms with E-state index >= 15 is 0 Å². The van der Waals surface area contributed by atoms with Gasteiger partial charge in [0.2, 0.25) is 5.91 Å². The lowest BCUT2D eigenvalue weighted by atomic mass is 9.69. The fraction of sp³-hybridized carbons (Fsp3) is 0.938. The first kappa shape index (κ1) is 16.5. The van der Waals surface area contributed by atoms with Crippen LogP contribution in [-0.4, -0.2) is 18.5 Å². The van der Waals surface area contributed by atoms with E-state index in [4.69, 9.17) is 5.73 Å². The van der Waals surface area contributed by atoms with Crippen LogP contribution < -0.4 is 11.1 Å². The van der Waals surface area contributed by atoms with Gasteiger partial charge in [0.05, 0.1) is 0 Å². The van der Waals surface area contributed by atoms with Crippen LogP contribution in [0.15, 0.2) is 0 Å².